The summed E-state index contributed by atoms with van der Waals surface area (Å²) in [7, 11) is 0. The summed E-state index contributed by atoms with van der Waals surface area (Å²) in [5, 5.41) is 1.93. The Labute approximate surface area is 192 Å². The zero-order valence-corrected chi connectivity index (χ0v) is 19.7. The summed E-state index contributed by atoms with van der Waals surface area (Å²) >= 11 is 1.48. The minimum absolute atomic E-state index is 0.0885. The first-order valence-corrected chi connectivity index (χ1v) is 12.0. The van der Waals surface area contributed by atoms with Crippen molar-refractivity contribution in [1.29, 1.82) is 0 Å². The third-order valence-corrected chi connectivity index (χ3v) is 6.61. The number of carbonyl (C=O) groups excluding carboxylic acids is 1. The van der Waals surface area contributed by atoms with Gasteiger partial charge in [-0.05, 0) is 35.9 Å². The molecule has 1 aliphatic rings. The van der Waals surface area contributed by atoms with Gasteiger partial charge in [0, 0.05) is 50.3 Å². The van der Waals surface area contributed by atoms with Crippen LogP contribution in [-0.2, 0) is 12.8 Å². The van der Waals surface area contributed by atoms with Crippen LogP contribution in [0.5, 0.6) is 0 Å². The van der Waals surface area contributed by atoms with Crippen molar-refractivity contribution in [3.05, 3.63) is 75.1 Å². The first-order valence-electron chi connectivity index (χ1n) is 11.1. The summed E-state index contributed by atoms with van der Waals surface area (Å²) in [6, 6.07) is 10.7. The topological polar surface area (TPSA) is 49.3 Å². The molecule has 0 saturated carbocycles. The minimum atomic E-state index is -0.213. The molecule has 5 nitrogen and oxygen atoms in total. The van der Waals surface area contributed by atoms with Crippen LogP contribution in [0.1, 0.15) is 46.2 Å². The number of halogens is 1. The van der Waals surface area contributed by atoms with Crippen LogP contribution < -0.4 is 4.90 Å². The Bertz CT molecular complexity index is 1080. The first kappa shape index (κ1) is 22.4. The van der Waals surface area contributed by atoms with Crippen LogP contribution in [0.3, 0.4) is 0 Å². The van der Waals surface area contributed by atoms with Crippen molar-refractivity contribution >= 4 is 23.1 Å². The third-order valence-electron chi connectivity index (χ3n) is 5.75. The predicted octanol–water partition coefficient (Wildman–Crippen LogP) is 4.74. The maximum absolute atomic E-state index is 14.4. The molecular formula is C25H29FN4OS. The van der Waals surface area contributed by atoms with Crippen molar-refractivity contribution in [2.75, 3.05) is 31.1 Å². The van der Waals surface area contributed by atoms with E-state index in [-0.39, 0.29) is 11.7 Å². The van der Waals surface area contributed by atoms with E-state index >= 15 is 0 Å². The van der Waals surface area contributed by atoms with Crippen molar-refractivity contribution in [3.8, 4) is 0 Å². The van der Waals surface area contributed by atoms with Gasteiger partial charge >= 0.3 is 0 Å². The number of rotatable bonds is 6. The zero-order valence-electron chi connectivity index (χ0n) is 18.8. The number of carbonyl (C=O) groups is 1. The number of aromatic nitrogens is 2. The molecule has 0 atom stereocenters. The number of hydrogen-bond acceptors (Lipinski definition) is 5. The average Bonchev–Trinajstić information content (AvgIpc) is 3.31. The van der Waals surface area contributed by atoms with Gasteiger partial charge < -0.3 is 9.80 Å². The number of aryl methyl sites for hydroxylation is 1. The smallest absolute Gasteiger partial charge is 0.264 e. The van der Waals surface area contributed by atoms with E-state index in [1.54, 1.807) is 6.07 Å². The molecule has 1 aliphatic heterocycles. The summed E-state index contributed by atoms with van der Waals surface area (Å²) in [5.74, 6) is 2.02. The van der Waals surface area contributed by atoms with Crippen LogP contribution >= 0.6 is 11.3 Å². The lowest BCUT2D eigenvalue weighted by molar-refractivity contribution is 0.0751. The highest BCUT2D eigenvalue weighted by molar-refractivity contribution is 7.12. The lowest BCUT2D eigenvalue weighted by Crippen LogP contribution is -2.49. The molecule has 3 aromatic rings. The fourth-order valence-corrected chi connectivity index (χ4v) is 4.76. The molecule has 0 spiro atoms. The Morgan fingerprint density at radius 3 is 2.50 bits per heavy atom. The number of anilines is 1. The highest BCUT2D eigenvalue weighted by Gasteiger charge is 2.26. The van der Waals surface area contributed by atoms with E-state index in [9.17, 15) is 9.18 Å². The van der Waals surface area contributed by atoms with Crippen LogP contribution in [0.25, 0.3) is 0 Å². The molecule has 1 fully saturated rings. The van der Waals surface area contributed by atoms with Crippen molar-refractivity contribution in [3.63, 3.8) is 0 Å². The van der Waals surface area contributed by atoms with Crippen molar-refractivity contribution in [1.82, 2.24) is 14.9 Å². The molecule has 7 heteroatoms. The number of nitrogens with zero attached hydrogens (tertiary/aromatic N) is 4. The van der Waals surface area contributed by atoms with Gasteiger partial charge in [0.05, 0.1) is 4.88 Å². The molecule has 0 bridgehead atoms. The Morgan fingerprint density at radius 2 is 1.84 bits per heavy atom. The number of thiophene rings is 1. The van der Waals surface area contributed by atoms with Gasteiger partial charge in [-0.1, -0.05) is 38.1 Å². The second kappa shape index (κ2) is 9.77. The molecule has 1 aromatic carbocycles. The van der Waals surface area contributed by atoms with E-state index < -0.39 is 0 Å². The fourth-order valence-electron chi connectivity index (χ4n) is 4.07. The van der Waals surface area contributed by atoms with E-state index in [4.69, 9.17) is 9.97 Å². The Kier molecular flexibility index (Phi) is 6.84. The van der Waals surface area contributed by atoms with Gasteiger partial charge in [-0.2, -0.15) is 0 Å². The molecule has 0 unspecified atom stereocenters. The zero-order chi connectivity index (χ0) is 22.7. The first-order chi connectivity index (χ1) is 15.4. The molecule has 0 radical (unpaired) electrons. The molecule has 32 heavy (non-hydrogen) atoms. The lowest BCUT2D eigenvalue weighted by atomic mass is 10.0. The Morgan fingerprint density at radius 1 is 1.09 bits per heavy atom. The Balaban J connectivity index is 1.60. The van der Waals surface area contributed by atoms with Crippen LogP contribution in [0.2, 0.25) is 0 Å². The van der Waals surface area contributed by atoms with Crippen LogP contribution in [0.15, 0.2) is 41.8 Å². The maximum Gasteiger partial charge on any atom is 0.264 e. The van der Waals surface area contributed by atoms with Gasteiger partial charge in [-0.3, -0.25) is 4.79 Å². The standard InChI is InChI=1S/C25H29FN4OS/c1-17(2)15-23-27-18(3)20(16-19-7-4-5-8-21(19)26)24(28-23)29-10-12-30(13-11-29)25(31)22-9-6-14-32-22/h4-9,14,17H,10-13,15-16H2,1-3H3. The highest BCUT2D eigenvalue weighted by atomic mass is 32.1. The van der Waals surface area contributed by atoms with Gasteiger partial charge in [0.15, 0.2) is 0 Å². The molecule has 0 aliphatic carbocycles. The maximum atomic E-state index is 14.4. The molecule has 3 heterocycles. The summed E-state index contributed by atoms with van der Waals surface area (Å²) in [6.07, 6.45) is 1.24. The van der Waals surface area contributed by atoms with E-state index in [2.05, 4.69) is 18.7 Å². The number of hydrogen-bond donors (Lipinski definition) is 0. The molecular weight excluding hydrogens is 423 g/mol. The molecule has 1 saturated heterocycles. The Hall–Kier alpha value is -2.80. The highest BCUT2D eigenvalue weighted by Crippen LogP contribution is 2.27. The largest absolute Gasteiger partial charge is 0.353 e. The molecule has 2 aromatic heterocycles. The summed E-state index contributed by atoms with van der Waals surface area (Å²) in [6.45, 7) is 8.96. The van der Waals surface area contributed by atoms with E-state index in [0.717, 1.165) is 34.2 Å². The molecule has 0 N–H and O–H groups in total. The number of piperazine rings is 1. The third kappa shape index (κ3) is 4.99. The van der Waals surface area contributed by atoms with Gasteiger partial charge in [0.2, 0.25) is 0 Å². The average molecular weight is 453 g/mol. The monoisotopic (exact) mass is 452 g/mol. The summed E-state index contributed by atoms with van der Waals surface area (Å²) in [4.78, 5) is 27.3. The normalized spacial score (nSPS) is 14.3. The van der Waals surface area contributed by atoms with Crippen LogP contribution in [0, 0.1) is 18.7 Å². The molecule has 1 amide bonds. The van der Waals surface area contributed by atoms with Crippen molar-refractivity contribution in [2.24, 2.45) is 5.92 Å². The quantitative estimate of drug-likeness (QED) is 0.542. The summed E-state index contributed by atoms with van der Waals surface area (Å²) in [5.41, 5.74) is 2.50. The molecule has 4 rings (SSSR count). The second-order valence-corrected chi connectivity index (χ2v) is 9.60. The van der Waals surface area contributed by atoms with Gasteiger partial charge in [-0.25, -0.2) is 14.4 Å². The van der Waals surface area contributed by atoms with E-state index in [1.165, 1.54) is 17.4 Å². The van der Waals surface area contributed by atoms with Gasteiger partial charge in [-0.15, -0.1) is 11.3 Å². The lowest BCUT2D eigenvalue weighted by Gasteiger charge is -2.36. The molecule has 168 valence electrons. The number of benzene rings is 1. The fraction of sp³-hybridized carbons (Fsp3) is 0.400. The van der Waals surface area contributed by atoms with Crippen molar-refractivity contribution in [2.45, 2.75) is 33.6 Å². The van der Waals surface area contributed by atoms with Gasteiger partial charge in [0.1, 0.15) is 17.5 Å². The van der Waals surface area contributed by atoms with E-state index in [1.807, 2.05) is 41.5 Å². The number of amides is 1. The predicted molar refractivity (Wildman–Crippen MR) is 127 cm³/mol. The van der Waals surface area contributed by atoms with Crippen molar-refractivity contribution < 1.29 is 9.18 Å². The second-order valence-electron chi connectivity index (χ2n) is 8.65. The van der Waals surface area contributed by atoms with Crippen LogP contribution in [0.4, 0.5) is 10.2 Å². The van der Waals surface area contributed by atoms with Gasteiger partial charge in [0.25, 0.3) is 5.91 Å². The SMILES string of the molecule is Cc1nc(CC(C)C)nc(N2CCN(C(=O)c3cccs3)CC2)c1Cc1ccccc1F. The van der Waals surface area contributed by atoms with Crippen LogP contribution in [-0.4, -0.2) is 47.0 Å². The van der Waals surface area contributed by atoms with E-state index in [0.29, 0.717) is 44.1 Å². The summed E-state index contributed by atoms with van der Waals surface area (Å²) < 4.78 is 14.4. The minimum Gasteiger partial charge on any atom is -0.353 e.